The zero-order valence-corrected chi connectivity index (χ0v) is 14.8. The molecule has 1 aromatic rings. The van der Waals surface area contributed by atoms with Gasteiger partial charge in [-0.25, -0.2) is 0 Å². The van der Waals surface area contributed by atoms with Crippen LogP contribution >= 0.6 is 0 Å². The van der Waals surface area contributed by atoms with Gasteiger partial charge >= 0.3 is 11.9 Å². The second kappa shape index (κ2) is 5.90. The molecule has 2 heterocycles. The number of ether oxygens (including phenoxy) is 1. The highest BCUT2D eigenvalue weighted by Gasteiger charge is 2.69. The van der Waals surface area contributed by atoms with Crippen molar-refractivity contribution in [1.82, 2.24) is 0 Å². The van der Waals surface area contributed by atoms with E-state index in [1.165, 1.54) is 12.5 Å². The van der Waals surface area contributed by atoms with Gasteiger partial charge in [0.15, 0.2) is 5.78 Å². The summed E-state index contributed by atoms with van der Waals surface area (Å²) in [6.07, 6.45) is 1.26. The maximum absolute atomic E-state index is 12.8. The SMILES string of the molecule is C[C@@]12CC(c3ccoc3)OC(=O)[C@@H]1CC(=O)[C@]1(O)C(C(=O)O)CC(O)C[C@H]21. The number of furan rings is 1. The van der Waals surface area contributed by atoms with Gasteiger partial charge in [-0.3, -0.25) is 14.4 Å². The number of rotatable bonds is 2. The van der Waals surface area contributed by atoms with Gasteiger partial charge < -0.3 is 24.5 Å². The molecule has 3 aliphatic rings. The molecule has 1 saturated heterocycles. The Morgan fingerprint density at radius 3 is 2.67 bits per heavy atom. The Balaban J connectivity index is 1.79. The van der Waals surface area contributed by atoms with Crippen molar-refractivity contribution in [3.8, 4) is 0 Å². The van der Waals surface area contributed by atoms with E-state index in [1.807, 2.05) is 0 Å². The van der Waals surface area contributed by atoms with Gasteiger partial charge in [-0.2, -0.15) is 0 Å². The van der Waals surface area contributed by atoms with Gasteiger partial charge in [0.25, 0.3) is 0 Å². The number of esters is 1. The molecule has 27 heavy (non-hydrogen) atoms. The van der Waals surface area contributed by atoms with Crippen LogP contribution in [0, 0.1) is 23.2 Å². The standard InChI is InChI=1S/C19H22O8/c1-18-7-13(9-2-3-26-8-9)27-17(24)12(18)6-15(21)19(25)11(16(22)23)4-10(20)5-14(18)19/h2-3,8,10-14,20,25H,4-7H2,1H3,(H,22,23)/t10?,11?,12-,13?,14+,18+,19-/m0/s1. The zero-order valence-electron chi connectivity index (χ0n) is 14.8. The summed E-state index contributed by atoms with van der Waals surface area (Å²) in [6.45, 7) is 1.78. The lowest BCUT2D eigenvalue weighted by atomic mass is 9.46. The molecule has 2 aliphatic carbocycles. The quantitative estimate of drug-likeness (QED) is 0.651. The van der Waals surface area contributed by atoms with Crippen molar-refractivity contribution in [3.05, 3.63) is 24.2 Å². The van der Waals surface area contributed by atoms with Crippen molar-refractivity contribution < 1.29 is 38.9 Å². The van der Waals surface area contributed by atoms with Gasteiger partial charge in [-0.05, 0) is 30.7 Å². The molecule has 8 nitrogen and oxygen atoms in total. The van der Waals surface area contributed by atoms with Crippen LogP contribution in [0.25, 0.3) is 0 Å². The second-order valence-electron chi connectivity index (χ2n) is 8.27. The summed E-state index contributed by atoms with van der Waals surface area (Å²) in [5.74, 6) is -5.56. The molecule has 0 aromatic carbocycles. The van der Waals surface area contributed by atoms with Crippen LogP contribution in [0.1, 0.15) is 44.3 Å². The van der Waals surface area contributed by atoms with Crippen LogP contribution in [0.4, 0.5) is 0 Å². The predicted octanol–water partition coefficient (Wildman–Crippen LogP) is 1.07. The average Bonchev–Trinajstić information content (AvgIpc) is 3.13. The van der Waals surface area contributed by atoms with E-state index in [0.29, 0.717) is 12.0 Å². The van der Waals surface area contributed by atoms with Crippen LogP contribution in [0.15, 0.2) is 23.0 Å². The summed E-state index contributed by atoms with van der Waals surface area (Å²) in [7, 11) is 0. The van der Waals surface area contributed by atoms with E-state index in [1.54, 1.807) is 13.0 Å². The van der Waals surface area contributed by atoms with Crippen LogP contribution in [-0.2, 0) is 19.1 Å². The number of aliphatic hydroxyl groups excluding tert-OH is 1. The summed E-state index contributed by atoms with van der Waals surface area (Å²) in [6, 6.07) is 1.68. The number of carboxylic acid groups (broad SMARTS) is 1. The van der Waals surface area contributed by atoms with E-state index < -0.39 is 58.7 Å². The van der Waals surface area contributed by atoms with Gasteiger partial charge in [-0.15, -0.1) is 0 Å². The maximum atomic E-state index is 12.8. The first-order valence-corrected chi connectivity index (χ1v) is 9.07. The molecular formula is C19H22O8. The monoisotopic (exact) mass is 378 g/mol. The van der Waals surface area contributed by atoms with Crippen molar-refractivity contribution in [2.75, 3.05) is 0 Å². The van der Waals surface area contributed by atoms with Crippen molar-refractivity contribution in [3.63, 3.8) is 0 Å². The highest BCUT2D eigenvalue weighted by Crippen LogP contribution is 2.61. The molecule has 2 saturated carbocycles. The van der Waals surface area contributed by atoms with Gasteiger partial charge in [-0.1, -0.05) is 6.92 Å². The van der Waals surface area contributed by atoms with E-state index in [2.05, 4.69) is 0 Å². The molecule has 3 N–H and O–H groups in total. The van der Waals surface area contributed by atoms with Crippen LogP contribution < -0.4 is 0 Å². The first-order valence-electron chi connectivity index (χ1n) is 9.07. The highest BCUT2D eigenvalue weighted by atomic mass is 16.5. The van der Waals surface area contributed by atoms with Crippen molar-refractivity contribution >= 4 is 17.7 Å². The lowest BCUT2D eigenvalue weighted by molar-refractivity contribution is -0.227. The fourth-order valence-electron chi connectivity index (χ4n) is 5.46. The van der Waals surface area contributed by atoms with Crippen molar-refractivity contribution in [2.24, 2.45) is 23.2 Å². The van der Waals surface area contributed by atoms with Gasteiger partial charge in [0, 0.05) is 17.9 Å². The summed E-state index contributed by atoms with van der Waals surface area (Å²) in [5, 5.41) is 31.2. The smallest absolute Gasteiger partial charge is 0.310 e. The summed E-state index contributed by atoms with van der Waals surface area (Å²) >= 11 is 0. The Kier molecular flexibility index (Phi) is 3.98. The minimum absolute atomic E-state index is 0.0599. The zero-order chi connectivity index (χ0) is 19.6. The number of hydrogen-bond donors (Lipinski definition) is 3. The molecule has 8 heteroatoms. The fraction of sp³-hybridized carbons (Fsp3) is 0.632. The fourth-order valence-corrected chi connectivity index (χ4v) is 5.46. The molecular weight excluding hydrogens is 356 g/mol. The molecule has 3 fully saturated rings. The van der Waals surface area contributed by atoms with Crippen LogP contribution in [0.2, 0.25) is 0 Å². The summed E-state index contributed by atoms with van der Waals surface area (Å²) in [4.78, 5) is 37.3. The normalized spacial score (nSPS) is 44.2. The number of carboxylic acids is 1. The van der Waals surface area contributed by atoms with Crippen LogP contribution in [0.3, 0.4) is 0 Å². The van der Waals surface area contributed by atoms with Gasteiger partial charge in [0.2, 0.25) is 0 Å². The lowest BCUT2D eigenvalue weighted by Gasteiger charge is -2.59. The number of hydrogen-bond acceptors (Lipinski definition) is 7. The largest absolute Gasteiger partial charge is 0.481 e. The van der Waals surface area contributed by atoms with Gasteiger partial charge in [0.05, 0.1) is 30.5 Å². The van der Waals surface area contributed by atoms with E-state index in [9.17, 15) is 29.7 Å². The number of fused-ring (bicyclic) bond motifs is 3. The molecule has 1 aliphatic heterocycles. The molecule has 1 aromatic heterocycles. The topological polar surface area (TPSA) is 134 Å². The molecule has 0 bridgehead atoms. The molecule has 4 rings (SSSR count). The maximum Gasteiger partial charge on any atom is 0.310 e. The number of carbonyl (C=O) groups is 3. The number of carbonyl (C=O) groups excluding carboxylic acids is 2. The van der Waals surface area contributed by atoms with E-state index >= 15 is 0 Å². The molecule has 146 valence electrons. The lowest BCUT2D eigenvalue weighted by Crippen LogP contribution is -2.69. The second-order valence-corrected chi connectivity index (χ2v) is 8.27. The molecule has 0 spiro atoms. The first-order chi connectivity index (χ1) is 12.7. The Morgan fingerprint density at radius 1 is 1.30 bits per heavy atom. The molecule has 0 amide bonds. The summed E-state index contributed by atoms with van der Waals surface area (Å²) in [5.41, 5.74) is -2.33. The minimum atomic E-state index is -2.10. The van der Waals surface area contributed by atoms with Crippen LogP contribution in [-0.4, -0.2) is 44.7 Å². The Labute approximate surface area is 155 Å². The Bertz CT molecular complexity index is 786. The summed E-state index contributed by atoms with van der Waals surface area (Å²) < 4.78 is 10.6. The number of ketones is 1. The van der Waals surface area contributed by atoms with Crippen molar-refractivity contribution in [1.29, 1.82) is 0 Å². The van der Waals surface area contributed by atoms with Crippen LogP contribution in [0.5, 0.6) is 0 Å². The van der Waals surface area contributed by atoms with Gasteiger partial charge in [0.1, 0.15) is 11.7 Å². The highest BCUT2D eigenvalue weighted by molar-refractivity contribution is 5.97. The van der Waals surface area contributed by atoms with E-state index in [4.69, 9.17) is 9.15 Å². The molecule has 3 unspecified atom stereocenters. The Hall–Kier alpha value is -2.19. The minimum Gasteiger partial charge on any atom is -0.481 e. The average molecular weight is 378 g/mol. The third kappa shape index (κ3) is 2.46. The van der Waals surface area contributed by atoms with Crippen molar-refractivity contribution in [2.45, 2.75) is 50.4 Å². The molecule has 0 radical (unpaired) electrons. The predicted molar refractivity (Wildman–Crippen MR) is 88.2 cm³/mol. The third-order valence-electron chi connectivity index (χ3n) is 6.89. The number of cyclic esters (lactones) is 1. The van der Waals surface area contributed by atoms with E-state index in [0.717, 1.165) is 0 Å². The number of aliphatic carboxylic acids is 1. The third-order valence-corrected chi connectivity index (χ3v) is 6.89. The number of aliphatic hydroxyl groups is 2. The molecule has 7 atom stereocenters. The first kappa shape index (κ1) is 18.2. The van der Waals surface area contributed by atoms with E-state index in [-0.39, 0.29) is 19.3 Å². The Morgan fingerprint density at radius 2 is 2.04 bits per heavy atom. The number of Topliss-reactive ketones (excluding diaryl/α,β-unsaturated/α-hetero) is 1.